The lowest BCUT2D eigenvalue weighted by molar-refractivity contribution is 0.322. The van der Waals surface area contributed by atoms with Crippen LogP contribution < -0.4 is 11.2 Å². The van der Waals surface area contributed by atoms with E-state index in [0.717, 1.165) is 4.57 Å². The largest absolute Gasteiger partial charge is 0.396 e. The average Bonchev–Trinajstić information content (AvgIpc) is 2.18. The summed E-state index contributed by atoms with van der Waals surface area (Å²) in [4.78, 5) is 23.3. The highest BCUT2D eigenvalue weighted by atomic mass is 32.2. The lowest BCUT2D eigenvalue weighted by Crippen LogP contribution is -2.37. The molecule has 0 bridgehead atoms. The van der Waals surface area contributed by atoms with Crippen molar-refractivity contribution in [1.82, 2.24) is 9.13 Å². The standard InChI is InChI=1S/C8H12N2O3S/c1-9-5-6(14-4-3-11)7(12)10(2)8(9)13/h5,11H,3-4H2,1-2H3. The van der Waals surface area contributed by atoms with Crippen LogP contribution in [-0.4, -0.2) is 26.6 Å². The van der Waals surface area contributed by atoms with Crippen LogP contribution in [0, 0.1) is 0 Å². The number of aryl methyl sites for hydroxylation is 1. The Labute approximate surface area is 85.0 Å². The molecule has 0 aliphatic carbocycles. The van der Waals surface area contributed by atoms with E-state index in [1.54, 1.807) is 7.05 Å². The van der Waals surface area contributed by atoms with Gasteiger partial charge in [-0.3, -0.25) is 9.36 Å². The number of aliphatic hydroxyl groups excluding tert-OH is 1. The second-order valence-electron chi connectivity index (χ2n) is 2.82. The van der Waals surface area contributed by atoms with Gasteiger partial charge in [-0.05, 0) is 0 Å². The van der Waals surface area contributed by atoms with Crippen molar-refractivity contribution in [2.75, 3.05) is 12.4 Å². The number of thioether (sulfide) groups is 1. The summed E-state index contributed by atoms with van der Waals surface area (Å²) < 4.78 is 2.40. The van der Waals surface area contributed by atoms with Gasteiger partial charge < -0.3 is 9.67 Å². The van der Waals surface area contributed by atoms with Gasteiger partial charge in [-0.25, -0.2) is 4.79 Å². The summed E-state index contributed by atoms with van der Waals surface area (Å²) in [7, 11) is 3.03. The third-order valence-electron chi connectivity index (χ3n) is 1.76. The maximum Gasteiger partial charge on any atom is 0.330 e. The molecule has 0 fully saturated rings. The number of aromatic nitrogens is 2. The molecule has 1 N–H and O–H groups in total. The molecule has 0 aliphatic heterocycles. The number of nitrogens with zero attached hydrogens (tertiary/aromatic N) is 2. The minimum Gasteiger partial charge on any atom is -0.396 e. The fourth-order valence-electron chi connectivity index (χ4n) is 1.03. The summed E-state index contributed by atoms with van der Waals surface area (Å²) in [6.45, 7) is 0.0106. The van der Waals surface area contributed by atoms with Gasteiger partial charge in [0.1, 0.15) is 0 Å². The van der Waals surface area contributed by atoms with Gasteiger partial charge in [-0.1, -0.05) is 0 Å². The van der Waals surface area contributed by atoms with Crippen LogP contribution >= 0.6 is 11.8 Å². The minimum absolute atomic E-state index is 0.0106. The van der Waals surface area contributed by atoms with Crippen LogP contribution in [0.3, 0.4) is 0 Å². The molecule has 0 atom stereocenters. The molecule has 0 spiro atoms. The first-order valence-electron chi connectivity index (χ1n) is 4.08. The van der Waals surface area contributed by atoms with E-state index in [2.05, 4.69) is 0 Å². The summed E-state index contributed by atoms with van der Waals surface area (Å²) in [6, 6.07) is 0. The van der Waals surface area contributed by atoms with Crippen molar-refractivity contribution in [3.63, 3.8) is 0 Å². The van der Waals surface area contributed by atoms with Crippen LogP contribution in [0.25, 0.3) is 0 Å². The van der Waals surface area contributed by atoms with Crippen molar-refractivity contribution in [3.05, 3.63) is 27.0 Å². The topological polar surface area (TPSA) is 64.2 Å². The Bertz CT molecular complexity index is 435. The summed E-state index contributed by atoms with van der Waals surface area (Å²) >= 11 is 1.24. The van der Waals surface area contributed by atoms with Gasteiger partial charge in [-0.15, -0.1) is 11.8 Å². The molecular formula is C8H12N2O3S. The third-order valence-corrected chi connectivity index (χ3v) is 2.74. The zero-order chi connectivity index (χ0) is 10.7. The molecule has 5 nitrogen and oxygen atoms in total. The van der Waals surface area contributed by atoms with Gasteiger partial charge in [0, 0.05) is 26.0 Å². The maximum atomic E-state index is 11.5. The number of hydrogen-bond acceptors (Lipinski definition) is 4. The van der Waals surface area contributed by atoms with Crippen LogP contribution in [0.4, 0.5) is 0 Å². The summed E-state index contributed by atoms with van der Waals surface area (Å²) in [5, 5.41) is 8.61. The van der Waals surface area contributed by atoms with Gasteiger partial charge in [0.2, 0.25) is 0 Å². The quantitative estimate of drug-likeness (QED) is 0.670. The van der Waals surface area contributed by atoms with Gasteiger partial charge in [0.15, 0.2) is 0 Å². The lowest BCUT2D eigenvalue weighted by Gasteiger charge is -2.04. The molecule has 0 saturated heterocycles. The minimum atomic E-state index is -0.344. The SMILES string of the molecule is Cn1cc(SCCO)c(=O)n(C)c1=O. The van der Waals surface area contributed by atoms with E-state index >= 15 is 0 Å². The van der Waals surface area contributed by atoms with Gasteiger partial charge in [0.05, 0.1) is 11.5 Å². The van der Waals surface area contributed by atoms with Crippen molar-refractivity contribution in [2.45, 2.75) is 4.90 Å². The Kier molecular flexibility index (Phi) is 3.54. The fraction of sp³-hybridized carbons (Fsp3) is 0.500. The molecule has 78 valence electrons. The molecule has 1 rings (SSSR count). The first-order valence-corrected chi connectivity index (χ1v) is 5.06. The smallest absolute Gasteiger partial charge is 0.330 e. The molecule has 0 radical (unpaired) electrons. The maximum absolute atomic E-state index is 11.5. The Morgan fingerprint density at radius 2 is 2.07 bits per heavy atom. The molecule has 0 amide bonds. The first kappa shape index (κ1) is 11.1. The summed E-state index contributed by atoms with van der Waals surface area (Å²) in [5.74, 6) is 0.452. The Hall–Kier alpha value is -1.01. The highest BCUT2D eigenvalue weighted by molar-refractivity contribution is 7.99. The monoisotopic (exact) mass is 216 g/mol. The van der Waals surface area contributed by atoms with Crippen molar-refractivity contribution in [3.8, 4) is 0 Å². The first-order chi connectivity index (χ1) is 6.57. The van der Waals surface area contributed by atoms with Crippen molar-refractivity contribution in [1.29, 1.82) is 0 Å². The molecule has 14 heavy (non-hydrogen) atoms. The predicted octanol–water partition coefficient (Wildman–Crippen LogP) is -0.832. The van der Waals surface area contributed by atoms with E-state index in [9.17, 15) is 9.59 Å². The Balaban J connectivity index is 3.20. The molecule has 1 aromatic rings. The van der Waals surface area contributed by atoms with E-state index in [0.29, 0.717) is 10.6 Å². The number of aliphatic hydroxyl groups is 1. The zero-order valence-corrected chi connectivity index (χ0v) is 8.87. The number of rotatable bonds is 3. The molecule has 1 aromatic heterocycles. The third kappa shape index (κ3) is 2.08. The van der Waals surface area contributed by atoms with Crippen molar-refractivity contribution >= 4 is 11.8 Å². The Morgan fingerprint density at radius 1 is 1.43 bits per heavy atom. The van der Waals surface area contributed by atoms with Gasteiger partial charge in [-0.2, -0.15) is 0 Å². The molecular weight excluding hydrogens is 204 g/mol. The normalized spacial score (nSPS) is 10.5. The van der Waals surface area contributed by atoms with Crippen molar-refractivity contribution < 1.29 is 5.11 Å². The summed E-state index contributed by atoms with van der Waals surface area (Å²) in [5.41, 5.74) is -0.658. The van der Waals surface area contributed by atoms with Crippen LogP contribution in [0.2, 0.25) is 0 Å². The number of hydrogen-bond donors (Lipinski definition) is 1. The lowest BCUT2D eigenvalue weighted by atomic mass is 10.6. The average molecular weight is 216 g/mol. The molecule has 0 aromatic carbocycles. The zero-order valence-electron chi connectivity index (χ0n) is 8.06. The van der Waals surface area contributed by atoms with Gasteiger partial charge >= 0.3 is 5.69 Å². The van der Waals surface area contributed by atoms with Crippen LogP contribution in [-0.2, 0) is 14.1 Å². The van der Waals surface area contributed by atoms with Crippen LogP contribution in [0.5, 0.6) is 0 Å². The molecule has 1 heterocycles. The van der Waals surface area contributed by atoms with E-state index in [1.807, 2.05) is 0 Å². The molecule has 6 heteroatoms. The fourth-order valence-corrected chi connectivity index (χ4v) is 1.83. The van der Waals surface area contributed by atoms with E-state index in [1.165, 1.54) is 29.6 Å². The van der Waals surface area contributed by atoms with Gasteiger partial charge in [0.25, 0.3) is 5.56 Å². The Morgan fingerprint density at radius 3 is 2.64 bits per heavy atom. The van der Waals surface area contributed by atoms with Crippen LogP contribution in [0.15, 0.2) is 20.7 Å². The highest BCUT2D eigenvalue weighted by Crippen LogP contribution is 2.09. The summed E-state index contributed by atoms with van der Waals surface area (Å²) in [6.07, 6.45) is 1.49. The van der Waals surface area contributed by atoms with E-state index < -0.39 is 0 Å². The van der Waals surface area contributed by atoms with Crippen molar-refractivity contribution in [2.24, 2.45) is 14.1 Å². The second kappa shape index (κ2) is 4.47. The van der Waals surface area contributed by atoms with Crippen LogP contribution in [0.1, 0.15) is 0 Å². The second-order valence-corrected chi connectivity index (χ2v) is 3.96. The van der Waals surface area contributed by atoms with E-state index in [-0.39, 0.29) is 17.9 Å². The predicted molar refractivity (Wildman–Crippen MR) is 54.7 cm³/mol. The molecule has 0 saturated carbocycles. The molecule has 0 unspecified atom stereocenters. The molecule has 0 aliphatic rings. The van der Waals surface area contributed by atoms with E-state index in [4.69, 9.17) is 5.11 Å². The highest BCUT2D eigenvalue weighted by Gasteiger charge is 2.06.